The summed E-state index contributed by atoms with van der Waals surface area (Å²) in [6, 6.07) is 10.4. The molecule has 0 fully saturated rings. The Hall–Kier alpha value is -2.62. The van der Waals surface area contributed by atoms with Gasteiger partial charge >= 0.3 is 11.8 Å². The Kier molecular flexibility index (Phi) is 2.15. The molecular formula is C17H12O4. The molecule has 0 radical (unpaired) electrons. The van der Waals surface area contributed by atoms with Crippen LogP contribution in [-0.2, 0) is 10.5 Å². The highest BCUT2D eigenvalue weighted by Crippen LogP contribution is 2.47. The maximum absolute atomic E-state index is 12.8. The first-order chi connectivity index (χ1) is 10.0. The Balaban J connectivity index is 1.94. The standard InChI is InChI=1S/C17H12O4/c1-9-7-12-14(8-10(9)2)20-17(15(12)18)13-6-4-3-5-11(13)16(19)21-17/h3-8H,1-2H3. The SMILES string of the molecule is Cc1cc2c(cc1C)C(=O)C1(OC(=O)c3ccccc31)O2. The quantitative estimate of drug-likeness (QED) is 0.696. The highest BCUT2D eigenvalue weighted by Gasteiger charge is 2.58. The summed E-state index contributed by atoms with van der Waals surface area (Å²) in [4.78, 5) is 24.8. The predicted molar refractivity (Wildman–Crippen MR) is 74.4 cm³/mol. The summed E-state index contributed by atoms with van der Waals surface area (Å²) < 4.78 is 11.2. The fourth-order valence-electron chi connectivity index (χ4n) is 2.86. The van der Waals surface area contributed by atoms with Crippen molar-refractivity contribution in [1.29, 1.82) is 0 Å². The van der Waals surface area contributed by atoms with Crippen molar-refractivity contribution in [2.45, 2.75) is 19.6 Å². The lowest BCUT2D eigenvalue weighted by Gasteiger charge is -2.20. The topological polar surface area (TPSA) is 52.6 Å². The predicted octanol–water partition coefficient (Wildman–Crippen LogP) is 2.90. The van der Waals surface area contributed by atoms with E-state index in [4.69, 9.17) is 9.47 Å². The summed E-state index contributed by atoms with van der Waals surface area (Å²) in [5, 5.41) is 0. The molecule has 21 heavy (non-hydrogen) atoms. The zero-order chi connectivity index (χ0) is 14.8. The summed E-state index contributed by atoms with van der Waals surface area (Å²) in [6.07, 6.45) is 0. The van der Waals surface area contributed by atoms with Crippen LogP contribution < -0.4 is 4.74 Å². The van der Waals surface area contributed by atoms with Crippen molar-refractivity contribution < 1.29 is 19.1 Å². The van der Waals surface area contributed by atoms with E-state index in [0.717, 1.165) is 11.1 Å². The van der Waals surface area contributed by atoms with Gasteiger partial charge in [0.05, 0.1) is 16.7 Å². The van der Waals surface area contributed by atoms with Gasteiger partial charge in [0.2, 0.25) is 0 Å². The second-order valence-electron chi connectivity index (χ2n) is 5.42. The molecule has 2 heterocycles. The molecule has 1 unspecified atom stereocenters. The highest BCUT2D eigenvalue weighted by molar-refractivity contribution is 6.12. The van der Waals surface area contributed by atoms with Crippen LogP contribution in [0.1, 0.15) is 37.4 Å². The second-order valence-corrected chi connectivity index (χ2v) is 5.42. The van der Waals surface area contributed by atoms with Gasteiger partial charge in [-0.1, -0.05) is 12.1 Å². The molecule has 2 aromatic carbocycles. The van der Waals surface area contributed by atoms with Crippen molar-refractivity contribution in [3.63, 3.8) is 0 Å². The number of hydrogen-bond acceptors (Lipinski definition) is 4. The Morgan fingerprint density at radius 3 is 2.43 bits per heavy atom. The highest BCUT2D eigenvalue weighted by atomic mass is 16.7. The Bertz CT molecular complexity index is 822. The molecule has 0 saturated carbocycles. The second kappa shape index (κ2) is 3.73. The molecule has 2 aliphatic heterocycles. The van der Waals surface area contributed by atoms with Crippen molar-refractivity contribution in [2.24, 2.45) is 0 Å². The Morgan fingerprint density at radius 2 is 1.62 bits per heavy atom. The van der Waals surface area contributed by atoms with Crippen LogP contribution in [0, 0.1) is 13.8 Å². The number of esters is 1. The molecular weight excluding hydrogens is 268 g/mol. The lowest BCUT2D eigenvalue weighted by molar-refractivity contribution is -0.0978. The molecule has 0 aromatic heterocycles. The van der Waals surface area contributed by atoms with Crippen molar-refractivity contribution in [2.75, 3.05) is 0 Å². The fourth-order valence-corrected chi connectivity index (χ4v) is 2.86. The van der Waals surface area contributed by atoms with E-state index in [-0.39, 0.29) is 5.78 Å². The summed E-state index contributed by atoms with van der Waals surface area (Å²) in [5.41, 5.74) is 3.35. The lowest BCUT2D eigenvalue weighted by Crippen LogP contribution is -2.37. The van der Waals surface area contributed by atoms with Crippen LogP contribution in [0.15, 0.2) is 36.4 Å². The molecule has 0 aliphatic carbocycles. The number of benzene rings is 2. The average molecular weight is 280 g/mol. The van der Waals surface area contributed by atoms with Gasteiger partial charge in [-0.05, 0) is 49.2 Å². The van der Waals surface area contributed by atoms with Crippen LogP contribution in [0.5, 0.6) is 5.75 Å². The molecule has 0 N–H and O–H groups in total. The maximum atomic E-state index is 12.8. The Morgan fingerprint density at radius 1 is 0.905 bits per heavy atom. The van der Waals surface area contributed by atoms with Gasteiger partial charge in [0.25, 0.3) is 5.78 Å². The van der Waals surface area contributed by atoms with E-state index in [1.807, 2.05) is 19.9 Å². The molecule has 4 rings (SSSR count). The van der Waals surface area contributed by atoms with Crippen molar-refractivity contribution >= 4 is 11.8 Å². The number of carbonyl (C=O) groups excluding carboxylic acids is 2. The molecule has 4 nitrogen and oxygen atoms in total. The molecule has 2 aromatic rings. The third kappa shape index (κ3) is 1.39. The van der Waals surface area contributed by atoms with E-state index in [2.05, 4.69) is 0 Å². The minimum absolute atomic E-state index is 0.320. The van der Waals surface area contributed by atoms with Gasteiger partial charge in [-0.3, -0.25) is 4.79 Å². The van der Waals surface area contributed by atoms with Crippen LogP contribution >= 0.6 is 0 Å². The van der Waals surface area contributed by atoms with E-state index >= 15 is 0 Å². The third-order valence-corrected chi connectivity index (χ3v) is 4.13. The van der Waals surface area contributed by atoms with Crippen LogP contribution in [0.4, 0.5) is 0 Å². The lowest BCUT2D eigenvalue weighted by atomic mass is 9.95. The van der Waals surface area contributed by atoms with Crippen LogP contribution in [0.25, 0.3) is 0 Å². The summed E-state index contributed by atoms with van der Waals surface area (Å²) in [6.45, 7) is 3.88. The van der Waals surface area contributed by atoms with Gasteiger partial charge < -0.3 is 9.47 Å². The number of fused-ring (bicyclic) bond motifs is 3. The monoisotopic (exact) mass is 280 g/mol. The Labute approximate surface area is 121 Å². The number of hydrogen-bond donors (Lipinski definition) is 0. The summed E-state index contributed by atoms with van der Waals surface area (Å²) in [5.74, 6) is -2.03. The van der Waals surface area contributed by atoms with E-state index in [0.29, 0.717) is 22.4 Å². The van der Waals surface area contributed by atoms with Crippen molar-refractivity contribution in [3.05, 3.63) is 64.2 Å². The maximum Gasteiger partial charge on any atom is 0.347 e. The first kappa shape index (κ1) is 12.1. The molecule has 2 aliphatic rings. The van der Waals surface area contributed by atoms with E-state index in [1.165, 1.54) is 0 Å². The first-order valence-electron chi connectivity index (χ1n) is 6.71. The number of ketones is 1. The first-order valence-corrected chi connectivity index (χ1v) is 6.71. The van der Waals surface area contributed by atoms with Gasteiger partial charge in [0.1, 0.15) is 5.75 Å². The summed E-state index contributed by atoms with van der Waals surface area (Å²) >= 11 is 0. The zero-order valence-electron chi connectivity index (χ0n) is 11.6. The molecule has 0 saturated heterocycles. The molecule has 4 heteroatoms. The largest absolute Gasteiger partial charge is 0.441 e. The van der Waals surface area contributed by atoms with Gasteiger partial charge in [-0.2, -0.15) is 0 Å². The van der Waals surface area contributed by atoms with Crippen LogP contribution in [-0.4, -0.2) is 11.8 Å². The fraction of sp³-hybridized carbons (Fsp3) is 0.176. The number of rotatable bonds is 0. The summed E-state index contributed by atoms with van der Waals surface area (Å²) in [7, 11) is 0. The molecule has 104 valence electrons. The normalized spacial score (nSPS) is 22.0. The zero-order valence-corrected chi connectivity index (χ0v) is 11.6. The van der Waals surface area contributed by atoms with Crippen molar-refractivity contribution in [1.82, 2.24) is 0 Å². The van der Waals surface area contributed by atoms with E-state index in [1.54, 1.807) is 30.3 Å². The number of ether oxygens (including phenoxy) is 2. The van der Waals surface area contributed by atoms with Gasteiger partial charge in [-0.25, -0.2) is 4.79 Å². The third-order valence-electron chi connectivity index (χ3n) is 4.13. The molecule has 0 amide bonds. The van der Waals surface area contributed by atoms with E-state index in [9.17, 15) is 9.59 Å². The molecule has 1 spiro atoms. The van der Waals surface area contributed by atoms with Gasteiger partial charge in [-0.15, -0.1) is 0 Å². The minimum Gasteiger partial charge on any atom is -0.441 e. The number of Topliss-reactive ketones (excluding diaryl/α,β-unsaturated/α-hetero) is 1. The van der Waals surface area contributed by atoms with E-state index < -0.39 is 11.8 Å². The van der Waals surface area contributed by atoms with Crippen molar-refractivity contribution in [3.8, 4) is 5.75 Å². The van der Waals surface area contributed by atoms with Crippen LogP contribution in [0.2, 0.25) is 0 Å². The smallest absolute Gasteiger partial charge is 0.347 e. The number of aryl methyl sites for hydroxylation is 2. The molecule has 1 atom stereocenters. The molecule has 0 bridgehead atoms. The van der Waals surface area contributed by atoms with Gasteiger partial charge in [0, 0.05) is 0 Å². The average Bonchev–Trinajstić information content (AvgIpc) is 2.90. The van der Waals surface area contributed by atoms with Crippen LogP contribution in [0.3, 0.4) is 0 Å². The van der Waals surface area contributed by atoms with Gasteiger partial charge in [0.15, 0.2) is 0 Å². The number of carbonyl (C=O) groups is 2. The minimum atomic E-state index is -1.64.